The van der Waals surface area contributed by atoms with Crippen molar-refractivity contribution in [3.63, 3.8) is 0 Å². The van der Waals surface area contributed by atoms with Gasteiger partial charge < -0.3 is 9.88 Å². The summed E-state index contributed by atoms with van der Waals surface area (Å²) >= 11 is 0. The minimum Gasteiger partial charge on any atom is -0.321 e. The zero-order valence-corrected chi connectivity index (χ0v) is 15.4. The number of hydrogen-bond acceptors (Lipinski definition) is 3. The van der Waals surface area contributed by atoms with E-state index in [9.17, 15) is 9.59 Å². The van der Waals surface area contributed by atoms with Crippen LogP contribution in [-0.2, 0) is 6.54 Å². The van der Waals surface area contributed by atoms with Crippen molar-refractivity contribution in [2.45, 2.75) is 13.5 Å². The van der Waals surface area contributed by atoms with Crippen LogP contribution in [0.25, 0.3) is 10.9 Å². The van der Waals surface area contributed by atoms with Crippen molar-refractivity contribution < 1.29 is 4.79 Å². The molecule has 0 aliphatic rings. The number of para-hydroxylation sites is 1. The summed E-state index contributed by atoms with van der Waals surface area (Å²) in [4.78, 5) is 30.2. The Kier molecular flexibility index (Phi) is 4.72. The monoisotopic (exact) mass is 369 g/mol. The van der Waals surface area contributed by atoms with Crippen molar-refractivity contribution in [2.75, 3.05) is 5.32 Å². The zero-order chi connectivity index (χ0) is 19.5. The van der Waals surface area contributed by atoms with Gasteiger partial charge in [-0.3, -0.25) is 14.6 Å². The van der Waals surface area contributed by atoms with E-state index in [4.69, 9.17) is 0 Å². The van der Waals surface area contributed by atoms with Gasteiger partial charge in [0.2, 0.25) is 0 Å². The first kappa shape index (κ1) is 17.7. The molecule has 0 spiro atoms. The van der Waals surface area contributed by atoms with Crippen molar-refractivity contribution in [2.24, 2.45) is 0 Å². The van der Waals surface area contributed by atoms with E-state index in [-0.39, 0.29) is 11.1 Å². The number of carbonyl (C=O) groups is 1. The lowest BCUT2D eigenvalue weighted by molar-refractivity contribution is 0.102. The minimum atomic E-state index is -0.428. The van der Waals surface area contributed by atoms with Gasteiger partial charge in [0.05, 0.1) is 17.7 Å². The fourth-order valence-corrected chi connectivity index (χ4v) is 3.22. The van der Waals surface area contributed by atoms with Crippen LogP contribution in [0.1, 0.15) is 21.6 Å². The van der Waals surface area contributed by atoms with Crippen molar-refractivity contribution >= 4 is 22.5 Å². The third-order valence-electron chi connectivity index (χ3n) is 4.55. The number of carbonyl (C=O) groups excluding carboxylic acids is 1. The summed E-state index contributed by atoms with van der Waals surface area (Å²) in [5.74, 6) is -0.428. The summed E-state index contributed by atoms with van der Waals surface area (Å²) in [7, 11) is 0. The molecule has 2 aromatic heterocycles. The smallest absolute Gasteiger partial charge is 0.263 e. The third kappa shape index (κ3) is 3.55. The van der Waals surface area contributed by atoms with Gasteiger partial charge in [-0.05, 0) is 36.8 Å². The molecular formula is C23H19N3O2. The number of fused-ring (bicyclic) bond motifs is 1. The van der Waals surface area contributed by atoms with Crippen molar-refractivity contribution in [3.05, 3.63) is 106 Å². The van der Waals surface area contributed by atoms with Crippen LogP contribution in [0.2, 0.25) is 0 Å². The molecule has 0 bridgehead atoms. The van der Waals surface area contributed by atoms with Gasteiger partial charge in [-0.2, -0.15) is 0 Å². The van der Waals surface area contributed by atoms with Gasteiger partial charge in [0.25, 0.3) is 11.5 Å². The standard InChI is InChI=1S/C23H19N3O2/c1-16-14-21(18-10-5-6-12-20(18)24-16)25-22(27)19-11-7-13-26(23(19)28)15-17-8-3-2-4-9-17/h2-14H,15H2,1H3,(H,24,25,27). The highest BCUT2D eigenvalue weighted by Crippen LogP contribution is 2.23. The first-order valence-electron chi connectivity index (χ1n) is 9.03. The number of nitrogens with one attached hydrogen (secondary N) is 1. The van der Waals surface area contributed by atoms with E-state index < -0.39 is 5.91 Å². The van der Waals surface area contributed by atoms with E-state index in [1.165, 1.54) is 0 Å². The highest BCUT2D eigenvalue weighted by molar-refractivity contribution is 6.08. The molecule has 4 rings (SSSR count). The molecular weight excluding hydrogens is 350 g/mol. The SMILES string of the molecule is Cc1cc(NC(=O)c2cccn(Cc3ccccc3)c2=O)c2ccccc2n1. The molecule has 1 amide bonds. The zero-order valence-electron chi connectivity index (χ0n) is 15.4. The van der Waals surface area contributed by atoms with Crippen molar-refractivity contribution in [1.82, 2.24) is 9.55 Å². The Morgan fingerprint density at radius 2 is 1.75 bits per heavy atom. The quantitative estimate of drug-likeness (QED) is 0.591. The molecule has 2 heterocycles. The molecule has 28 heavy (non-hydrogen) atoms. The first-order valence-corrected chi connectivity index (χ1v) is 9.03. The van der Waals surface area contributed by atoms with E-state index in [1.54, 1.807) is 22.9 Å². The van der Waals surface area contributed by atoms with Crippen LogP contribution >= 0.6 is 0 Å². The van der Waals surface area contributed by atoms with Gasteiger partial charge in [0, 0.05) is 17.3 Å². The number of aromatic nitrogens is 2. The second-order valence-corrected chi connectivity index (χ2v) is 6.62. The lowest BCUT2D eigenvalue weighted by Crippen LogP contribution is -2.29. The van der Waals surface area contributed by atoms with Crippen LogP contribution < -0.4 is 10.9 Å². The Balaban J connectivity index is 1.66. The third-order valence-corrected chi connectivity index (χ3v) is 4.55. The molecule has 1 N–H and O–H groups in total. The van der Waals surface area contributed by atoms with Crippen LogP contribution in [0.5, 0.6) is 0 Å². The Labute approximate surface area is 162 Å². The summed E-state index contributed by atoms with van der Waals surface area (Å²) < 4.78 is 1.54. The maximum absolute atomic E-state index is 12.8. The molecule has 0 saturated heterocycles. The van der Waals surface area contributed by atoms with Gasteiger partial charge in [-0.15, -0.1) is 0 Å². The molecule has 0 atom stereocenters. The Morgan fingerprint density at radius 1 is 1.00 bits per heavy atom. The number of rotatable bonds is 4. The first-order chi connectivity index (χ1) is 13.6. The predicted octanol–water partition coefficient (Wildman–Crippen LogP) is 4.01. The topological polar surface area (TPSA) is 64.0 Å². The van der Waals surface area contributed by atoms with Gasteiger partial charge >= 0.3 is 0 Å². The van der Waals surface area contributed by atoms with Gasteiger partial charge in [0.15, 0.2) is 0 Å². The average molecular weight is 369 g/mol. The number of anilines is 1. The number of aryl methyl sites for hydroxylation is 1. The molecule has 0 saturated carbocycles. The van der Waals surface area contributed by atoms with Crippen LogP contribution in [-0.4, -0.2) is 15.5 Å². The molecule has 138 valence electrons. The molecule has 5 nitrogen and oxygen atoms in total. The van der Waals surface area contributed by atoms with E-state index in [0.717, 1.165) is 22.2 Å². The molecule has 0 fully saturated rings. The molecule has 2 aromatic carbocycles. The van der Waals surface area contributed by atoms with E-state index in [0.29, 0.717) is 12.2 Å². The highest BCUT2D eigenvalue weighted by Gasteiger charge is 2.14. The summed E-state index contributed by atoms with van der Waals surface area (Å²) in [6.45, 7) is 2.29. The number of benzene rings is 2. The van der Waals surface area contributed by atoms with Gasteiger partial charge in [0.1, 0.15) is 5.56 Å². The molecule has 0 aliphatic heterocycles. The number of hydrogen-bond donors (Lipinski definition) is 1. The minimum absolute atomic E-state index is 0.108. The Bertz CT molecular complexity index is 1210. The molecule has 0 aliphatic carbocycles. The second-order valence-electron chi connectivity index (χ2n) is 6.62. The van der Waals surface area contributed by atoms with Gasteiger partial charge in [-0.1, -0.05) is 48.5 Å². The van der Waals surface area contributed by atoms with Crippen LogP contribution in [0.3, 0.4) is 0 Å². The largest absolute Gasteiger partial charge is 0.321 e. The maximum atomic E-state index is 12.8. The predicted molar refractivity (Wildman–Crippen MR) is 111 cm³/mol. The van der Waals surface area contributed by atoms with E-state index >= 15 is 0 Å². The Hall–Kier alpha value is -3.73. The van der Waals surface area contributed by atoms with Crippen molar-refractivity contribution in [3.8, 4) is 0 Å². The van der Waals surface area contributed by atoms with Crippen LogP contribution in [0.15, 0.2) is 83.8 Å². The normalized spacial score (nSPS) is 10.8. The van der Waals surface area contributed by atoms with Crippen LogP contribution in [0, 0.1) is 6.92 Å². The number of nitrogens with zero attached hydrogens (tertiary/aromatic N) is 2. The molecule has 5 heteroatoms. The van der Waals surface area contributed by atoms with Crippen molar-refractivity contribution in [1.29, 1.82) is 0 Å². The average Bonchev–Trinajstić information content (AvgIpc) is 2.70. The highest BCUT2D eigenvalue weighted by atomic mass is 16.2. The lowest BCUT2D eigenvalue weighted by atomic mass is 10.1. The molecule has 4 aromatic rings. The van der Waals surface area contributed by atoms with Crippen LogP contribution in [0.4, 0.5) is 5.69 Å². The Morgan fingerprint density at radius 3 is 2.57 bits per heavy atom. The summed E-state index contributed by atoms with van der Waals surface area (Å²) in [5, 5.41) is 3.72. The van der Waals surface area contributed by atoms with E-state index in [1.807, 2.05) is 67.6 Å². The second kappa shape index (κ2) is 7.48. The van der Waals surface area contributed by atoms with Gasteiger partial charge in [-0.25, -0.2) is 0 Å². The maximum Gasteiger partial charge on any atom is 0.263 e. The summed E-state index contributed by atoms with van der Waals surface area (Å²) in [6.07, 6.45) is 1.69. The number of pyridine rings is 2. The lowest BCUT2D eigenvalue weighted by Gasteiger charge is -2.11. The molecule has 0 radical (unpaired) electrons. The fraction of sp³-hybridized carbons (Fsp3) is 0.0870. The summed E-state index contributed by atoms with van der Waals surface area (Å²) in [5.41, 5.74) is 3.02. The fourth-order valence-electron chi connectivity index (χ4n) is 3.22. The number of amides is 1. The van der Waals surface area contributed by atoms with E-state index in [2.05, 4.69) is 10.3 Å². The summed E-state index contributed by atoms with van der Waals surface area (Å²) in [6, 6.07) is 22.3. The molecule has 0 unspecified atom stereocenters.